The molecular weight excluding hydrogens is 1920 g/mol. The van der Waals surface area contributed by atoms with Gasteiger partial charge in [-0.1, -0.05) is 18.2 Å². The van der Waals surface area contributed by atoms with Crippen molar-refractivity contribution in [3.63, 3.8) is 0 Å². The maximum Gasteiger partial charge on any atom is 0.326 e. The second-order valence-electron chi connectivity index (χ2n) is 33.0. The number of carboxylic acid groups (broad SMARTS) is 2. The number of unbranched alkanes of at least 4 members (excludes halogenated alkanes) is 1. The van der Waals surface area contributed by atoms with Gasteiger partial charge in [0.2, 0.25) is 118 Å². The summed E-state index contributed by atoms with van der Waals surface area (Å²) < 4.78 is 0. The fourth-order valence-electron chi connectivity index (χ4n) is 13.7. The molecule has 3 rings (SSSR count). The highest BCUT2D eigenvalue weighted by Gasteiger charge is 2.42. The number of para-hydroxylation sites is 1. The van der Waals surface area contributed by atoms with Gasteiger partial charge in [0.15, 0.2) is 11.9 Å². The molecule has 19 atom stereocenters. The summed E-state index contributed by atoms with van der Waals surface area (Å²) in [5, 5.41) is 131. The predicted octanol–water partition coefficient (Wildman–Crippen LogP) is -15.7. The highest BCUT2D eigenvalue weighted by molar-refractivity contribution is 7.80. The number of fused-ring (bicyclic) bond motifs is 1. The Kier molecular flexibility index (Phi) is 54.2. The molecule has 142 heavy (non-hydrogen) atoms. The summed E-state index contributed by atoms with van der Waals surface area (Å²) in [5.74, 6) is -27.0. The number of guanidine groups is 2. The lowest BCUT2D eigenvalue weighted by Crippen LogP contribution is -2.62. The zero-order chi connectivity index (χ0) is 107. The van der Waals surface area contributed by atoms with Gasteiger partial charge in [0, 0.05) is 73.9 Å². The van der Waals surface area contributed by atoms with Gasteiger partial charge in [-0.2, -0.15) is 25.3 Å². The van der Waals surface area contributed by atoms with E-state index in [-0.39, 0.29) is 103 Å². The van der Waals surface area contributed by atoms with Crippen LogP contribution in [0.25, 0.3) is 10.9 Å². The summed E-state index contributed by atoms with van der Waals surface area (Å²) in [5.41, 5.74) is 34.2. The van der Waals surface area contributed by atoms with Crippen LogP contribution >= 0.6 is 25.3 Å². The van der Waals surface area contributed by atoms with Crippen molar-refractivity contribution in [1.82, 2.24) is 111 Å². The number of hydrogen-bond donors (Lipinski definition) is 37. The summed E-state index contributed by atoms with van der Waals surface area (Å²) in [6.07, 6.45) is -6.52. The van der Waals surface area contributed by atoms with E-state index in [4.69, 9.17) is 45.2 Å². The average Bonchev–Trinajstić information content (AvgIpc) is 1.65. The number of aliphatic hydroxyl groups excluding tert-OH is 5. The van der Waals surface area contributed by atoms with Crippen molar-refractivity contribution in [1.29, 1.82) is 10.8 Å². The first kappa shape index (κ1) is 122. The molecule has 2 heterocycles. The number of aliphatic hydroxyl groups is 5. The van der Waals surface area contributed by atoms with Gasteiger partial charge in [0.25, 0.3) is 0 Å². The second-order valence-corrected chi connectivity index (χ2v) is 33.7. The molecule has 1 aromatic carbocycles. The Morgan fingerprint density at radius 3 is 1.30 bits per heavy atom. The number of rotatable bonds is 66. The van der Waals surface area contributed by atoms with Crippen LogP contribution in [-0.4, -0.2) is 373 Å². The molecule has 0 aliphatic carbocycles. The third-order valence-electron chi connectivity index (χ3n) is 21.5. The van der Waals surface area contributed by atoms with Crippen molar-refractivity contribution in [2.45, 2.75) is 245 Å². The van der Waals surface area contributed by atoms with Crippen molar-refractivity contribution in [3.05, 3.63) is 36.0 Å². The molecule has 41 N–H and O–H groups in total. The Bertz CT molecular complexity index is 4740. The fraction of sp³-hybridized carbons (Fsp3) is 0.610. The normalized spacial score (nSPS) is 15.9. The number of carbonyl (C=O) groups is 22. The van der Waals surface area contributed by atoms with Gasteiger partial charge in [0.1, 0.15) is 90.6 Å². The molecule has 60 heteroatoms. The molecule has 1 aromatic heterocycles. The molecule has 0 spiro atoms. The molecule has 1 aliphatic heterocycles. The van der Waals surface area contributed by atoms with Crippen molar-refractivity contribution in [2.75, 3.05) is 70.5 Å². The summed E-state index contributed by atoms with van der Waals surface area (Å²) in [4.78, 5) is 298. The summed E-state index contributed by atoms with van der Waals surface area (Å²) in [6, 6.07) is -19.9. The quantitative estimate of drug-likeness (QED) is 0.0127. The number of nitrogens with two attached hydrogens (primary N) is 6. The van der Waals surface area contributed by atoms with Gasteiger partial charge < -0.3 is 181 Å². The van der Waals surface area contributed by atoms with E-state index in [1.165, 1.54) is 11.8 Å². The van der Waals surface area contributed by atoms with E-state index in [0.717, 1.165) is 20.8 Å². The molecule has 792 valence electrons. The second kappa shape index (κ2) is 63.0. The zero-order valence-electron chi connectivity index (χ0n) is 78.4. The molecule has 0 radical (unpaired) electrons. The van der Waals surface area contributed by atoms with Gasteiger partial charge in [-0.25, -0.2) is 4.79 Å². The number of benzene rings is 1. The molecule has 0 unspecified atom stereocenters. The Morgan fingerprint density at radius 1 is 0.437 bits per heavy atom. The van der Waals surface area contributed by atoms with E-state index in [0.29, 0.717) is 22.9 Å². The molecule has 20 amide bonds. The lowest BCUT2D eigenvalue weighted by molar-refractivity contribution is -0.142. The third kappa shape index (κ3) is 43.4. The molecule has 2 aromatic rings. The minimum Gasteiger partial charge on any atom is -0.481 e. The van der Waals surface area contributed by atoms with Crippen LogP contribution in [0.3, 0.4) is 0 Å². The van der Waals surface area contributed by atoms with Crippen molar-refractivity contribution in [3.8, 4) is 0 Å². The topological polar surface area (TPSA) is 969 Å². The molecule has 1 fully saturated rings. The first-order chi connectivity index (χ1) is 66.9. The number of primary amides is 2. The van der Waals surface area contributed by atoms with Crippen molar-refractivity contribution in [2.24, 2.45) is 34.4 Å². The summed E-state index contributed by atoms with van der Waals surface area (Å²) in [7, 11) is 0. The largest absolute Gasteiger partial charge is 0.481 e. The van der Waals surface area contributed by atoms with E-state index >= 15 is 0 Å². The zero-order valence-corrected chi connectivity index (χ0v) is 80.2. The minimum absolute atomic E-state index is 0.000299. The van der Waals surface area contributed by atoms with Crippen LogP contribution in [0.1, 0.15) is 130 Å². The van der Waals surface area contributed by atoms with Crippen molar-refractivity contribution >= 4 is 178 Å². The van der Waals surface area contributed by atoms with Crippen LogP contribution < -0.4 is 135 Å². The highest BCUT2D eigenvalue weighted by atomic mass is 32.1. The van der Waals surface area contributed by atoms with Gasteiger partial charge in [-0.3, -0.25) is 112 Å². The number of aromatic nitrogens is 1. The van der Waals surface area contributed by atoms with E-state index in [1.807, 2.05) is 0 Å². The van der Waals surface area contributed by atoms with Gasteiger partial charge in [-0.05, 0) is 123 Å². The van der Waals surface area contributed by atoms with Crippen LogP contribution in [0.2, 0.25) is 0 Å². The number of hydrogen-bond acceptors (Lipinski definition) is 33. The number of amides is 20. The number of aliphatic carboxylic acids is 2. The Labute approximate surface area is 823 Å². The summed E-state index contributed by atoms with van der Waals surface area (Å²) in [6.45, 7) is -0.741. The number of thiol groups is 2. The first-order valence-corrected chi connectivity index (χ1v) is 46.2. The standard InChI is InChI=1S/C82H133N29O29S2/c1-37(65(124)102-49(80(139)140)16-10-26-92-82(89)90)97-69(128)46(15-9-25-91-81(87)88)100-78(137)64(40(4)116)110-71(130)47(19-22-57(86)118)101-76(135)62(38(2)114)108-59(120)31-94-66(125)45(14-7-8-24-83)98-58(119)30-96-68(127)53(35-141)106-73(132)52(34-113)104-70(129)48(20-23-61(122)123)99-72(131)51(33-112)105-74(133)54(36-142)107-77(136)63(39(3)115)109-60(121)32-95-67(126)50(28-41-29-93-44-13-6-5-12-42(41)44)103-75(134)55-17-11-27-111(55)79(138)43(84)18-21-56(85)117/h5-6,12-13,29,37-40,43,45-55,62-64,93,112-116,141-142H,7-11,14-28,30-36,83-84H2,1-4H3,(H2,85,117)(H2,86,118)(H,94,125)(H,95,126)(H,96,127)(H,97,128)(H,98,119)(H,99,131)(H,100,137)(H,101,135)(H,102,124)(H,103,134)(H,104,129)(H,105,133)(H,106,132)(H,107,136)(H,108,120)(H,109,121)(H,110,130)(H,122,123)(H,139,140)(H4,87,88,91)(H4,89,90,92)/t37-,38+,39+,40+,43-,45-,46-,47-,48-,49-,50-,51-,52-,53-,54-,55-,62-,63-,64-/m0/s1. The number of carboxylic acids is 2. The first-order valence-electron chi connectivity index (χ1n) is 44.9. The minimum atomic E-state index is -2.03. The lowest BCUT2D eigenvalue weighted by Gasteiger charge is -2.28. The van der Waals surface area contributed by atoms with Gasteiger partial charge in [0.05, 0.1) is 57.2 Å². The number of H-pyrrole nitrogens is 1. The molecule has 0 bridgehead atoms. The van der Waals surface area contributed by atoms with Crippen LogP contribution in [0.5, 0.6) is 0 Å². The molecule has 1 aliphatic rings. The van der Waals surface area contributed by atoms with Crippen LogP contribution in [0, 0.1) is 10.8 Å². The van der Waals surface area contributed by atoms with E-state index in [9.17, 15) is 141 Å². The summed E-state index contributed by atoms with van der Waals surface area (Å²) >= 11 is 8.17. The maximum atomic E-state index is 14.0. The Balaban J connectivity index is 1.68. The monoisotopic (exact) mass is 2050 g/mol. The molecule has 0 saturated carbocycles. The number of likely N-dealkylation sites (tertiary alicyclic amines) is 1. The number of carbonyl (C=O) groups excluding carboxylic acids is 20. The lowest BCUT2D eigenvalue weighted by atomic mass is 10.0. The van der Waals surface area contributed by atoms with E-state index < -0.39 is 321 Å². The molecule has 1 saturated heterocycles. The Morgan fingerprint density at radius 2 is 0.824 bits per heavy atom. The van der Waals surface area contributed by atoms with Gasteiger partial charge in [-0.15, -0.1) is 0 Å². The van der Waals surface area contributed by atoms with Crippen LogP contribution in [0.15, 0.2) is 30.5 Å². The van der Waals surface area contributed by atoms with Crippen molar-refractivity contribution < 1.29 is 141 Å². The van der Waals surface area contributed by atoms with E-state index in [1.54, 1.807) is 30.5 Å². The SMILES string of the molecule is C[C@H](NC(=O)[C@H](CCCNC(=N)N)NC(=O)[C@@H](NC(=O)[C@H](CCC(N)=O)NC(=O)[C@@H](NC(=O)CNC(=O)[C@H](CCCCN)NC(=O)CNC(=O)[C@H](CS)NC(=O)[C@H](CO)NC(=O)[C@H](CCC(=O)O)NC(=O)[C@H](CO)NC(=O)[C@H](CS)NC(=O)[C@@H](NC(=O)CNC(=O)[C@H](Cc1c[nH]c2ccccc12)NC(=O)[C@@H]1CCCN1C(=O)[C@@H](N)CCC(N)=O)[C@@H](C)O)[C@@H](C)O)[C@@H](C)O)C(=O)N[C@@H](CCCNC(=N)N)C(=O)O. The maximum absolute atomic E-state index is 14.0. The fourth-order valence-corrected chi connectivity index (χ4v) is 14.2. The molecule has 58 nitrogen and oxygen atoms in total. The Hall–Kier alpha value is -13.9. The number of aromatic amines is 1. The third-order valence-corrected chi connectivity index (χ3v) is 22.2. The predicted molar refractivity (Wildman–Crippen MR) is 506 cm³/mol. The van der Waals surface area contributed by atoms with Crippen LogP contribution in [0.4, 0.5) is 0 Å². The van der Waals surface area contributed by atoms with Crippen LogP contribution in [-0.2, 0) is 112 Å². The number of nitrogens with one attached hydrogen (secondary N) is 22. The average molecular weight is 2050 g/mol. The molecular formula is C82H133N29O29S2. The number of nitrogens with zero attached hydrogens (tertiary/aromatic N) is 1. The van der Waals surface area contributed by atoms with E-state index in [2.05, 4.69) is 131 Å². The van der Waals surface area contributed by atoms with Gasteiger partial charge >= 0.3 is 11.9 Å². The smallest absolute Gasteiger partial charge is 0.326 e. The highest BCUT2D eigenvalue weighted by Crippen LogP contribution is 2.23.